The molecule has 1 saturated carbocycles. The zero-order chi connectivity index (χ0) is 15.4. The number of amides is 1. The molecule has 0 unspecified atom stereocenters. The number of nitrogens with one attached hydrogen (secondary N) is 2. The number of carbonyl (C=O) groups is 1. The van der Waals surface area contributed by atoms with Gasteiger partial charge in [0.15, 0.2) is 0 Å². The highest BCUT2D eigenvalue weighted by atomic mass is 16.2. The first kappa shape index (κ1) is 14.8. The van der Waals surface area contributed by atoms with E-state index in [1.807, 2.05) is 30.5 Å². The molecule has 0 radical (unpaired) electrons. The van der Waals surface area contributed by atoms with Gasteiger partial charge >= 0.3 is 0 Å². The Bertz CT molecular complexity index is 652. The summed E-state index contributed by atoms with van der Waals surface area (Å²) in [5, 5.41) is 2.14. The summed E-state index contributed by atoms with van der Waals surface area (Å²) in [7, 11) is 0. The van der Waals surface area contributed by atoms with Crippen LogP contribution in [0.15, 0.2) is 36.7 Å². The van der Waals surface area contributed by atoms with Gasteiger partial charge in [-0.1, -0.05) is 25.3 Å². The second kappa shape index (κ2) is 6.75. The quantitative estimate of drug-likeness (QED) is 0.758. The Morgan fingerprint density at radius 3 is 2.82 bits per heavy atom. The third-order valence-electron chi connectivity index (χ3n) is 4.43. The Kier molecular flexibility index (Phi) is 4.53. The molecule has 1 aliphatic carbocycles. The maximum absolute atomic E-state index is 12.2. The Morgan fingerprint density at radius 1 is 1.18 bits per heavy atom. The SMILES string of the molecule is N[C@@H](C(=O)NNc1ccc2cnccc2c1)C1CCCCC1. The Hall–Kier alpha value is -2.14. The minimum absolute atomic E-state index is 0.137. The summed E-state index contributed by atoms with van der Waals surface area (Å²) in [5.41, 5.74) is 12.6. The predicted molar refractivity (Wildman–Crippen MR) is 88.1 cm³/mol. The average molecular weight is 298 g/mol. The molecular formula is C17H22N4O. The van der Waals surface area contributed by atoms with Crippen molar-refractivity contribution in [1.82, 2.24) is 10.4 Å². The van der Waals surface area contributed by atoms with E-state index < -0.39 is 6.04 Å². The van der Waals surface area contributed by atoms with E-state index in [0.29, 0.717) is 5.92 Å². The van der Waals surface area contributed by atoms with Crippen LogP contribution in [-0.2, 0) is 4.79 Å². The van der Waals surface area contributed by atoms with Crippen molar-refractivity contribution in [2.45, 2.75) is 38.1 Å². The van der Waals surface area contributed by atoms with Gasteiger partial charge in [0, 0.05) is 17.8 Å². The van der Waals surface area contributed by atoms with Crippen molar-refractivity contribution in [2.75, 3.05) is 5.43 Å². The molecule has 0 bridgehead atoms. The molecule has 1 aromatic carbocycles. The molecule has 1 aliphatic rings. The predicted octanol–water partition coefficient (Wildman–Crippen LogP) is 2.59. The fourth-order valence-electron chi connectivity index (χ4n) is 3.09. The first-order chi connectivity index (χ1) is 10.7. The van der Waals surface area contributed by atoms with Crippen molar-refractivity contribution in [3.8, 4) is 0 Å². The lowest BCUT2D eigenvalue weighted by Gasteiger charge is -2.26. The van der Waals surface area contributed by atoms with Gasteiger partial charge in [-0.3, -0.25) is 20.6 Å². The Labute approximate surface area is 130 Å². The minimum atomic E-state index is -0.433. The van der Waals surface area contributed by atoms with Crippen LogP contribution in [0, 0.1) is 5.92 Å². The largest absolute Gasteiger partial charge is 0.320 e. The number of hydrogen-bond acceptors (Lipinski definition) is 4. The number of rotatable bonds is 4. The molecule has 116 valence electrons. The normalized spacial score (nSPS) is 17.1. The van der Waals surface area contributed by atoms with Gasteiger partial charge < -0.3 is 5.73 Å². The van der Waals surface area contributed by atoms with Crippen molar-refractivity contribution in [1.29, 1.82) is 0 Å². The summed E-state index contributed by atoms with van der Waals surface area (Å²) in [5.74, 6) is 0.167. The van der Waals surface area contributed by atoms with Crippen molar-refractivity contribution < 1.29 is 4.79 Å². The number of carbonyl (C=O) groups excluding carboxylic acids is 1. The van der Waals surface area contributed by atoms with Crippen LogP contribution in [0.5, 0.6) is 0 Å². The lowest BCUT2D eigenvalue weighted by Crippen LogP contribution is -2.47. The van der Waals surface area contributed by atoms with Crippen molar-refractivity contribution >= 4 is 22.4 Å². The Balaban J connectivity index is 1.59. The molecule has 1 fully saturated rings. The van der Waals surface area contributed by atoms with Crippen LogP contribution in [0.2, 0.25) is 0 Å². The maximum atomic E-state index is 12.2. The van der Waals surface area contributed by atoms with Crippen LogP contribution >= 0.6 is 0 Å². The summed E-state index contributed by atoms with van der Waals surface area (Å²) < 4.78 is 0. The molecule has 2 aromatic rings. The van der Waals surface area contributed by atoms with E-state index >= 15 is 0 Å². The molecule has 1 atom stereocenters. The molecule has 0 saturated heterocycles. The number of nitrogens with two attached hydrogens (primary N) is 1. The molecule has 4 N–H and O–H groups in total. The topological polar surface area (TPSA) is 80.0 Å². The molecule has 1 aromatic heterocycles. The fraction of sp³-hybridized carbons (Fsp3) is 0.412. The van der Waals surface area contributed by atoms with Gasteiger partial charge in [0.25, 0.3) is 5.91 Å². The van der Waals surface area contributed by atoms with E-state index in [1.165, 1.54) is 19.3 Å². The van der Waals surface area contributed by atoms with E-state index in [9.17, 15) is 4.79 Å². The smallest absolute Gasteiger partial charge is 0.255 e. The number of hydrogen-bond donors (Lipinski definition) is 3. The lowest BCUT2D eigenvalue weighted by molar-refractivity contribution is -0.123. The molecule has 0 spiro atoms. The highest BCUT2D eigenvalue weighted by Crippen LogP contribution is 2.25. The van der Waals surface area contributed by atoms with Crippen LogP contribution in [-0.4, -0.2) is 16.9 Å². The van der Waals surface area contributed by atoms with Crippen LogP contribution in [0.3, 0.4) is 0 Å². The number of anilines is 1. The summed E-state index contributed by atoms with van der Waals surface area (Å²) in [6.45, 7) is 0. The molecule has 5 nitrogen and oxygen atoms in total. The minimum Gasteiger partial charge on any atom is -0.320 e. The van der Waals surface area contributed by atoms with E-state index in [4.69, 9.17) is 5.73 Å². The van der Waals surface area contributed by atoms with E-state index in [-0.39, 0.29) is 5.91 Å². The third-order valence-corrected chi connectivity index (χ3v) is 4.43. The van der Waals surface area contributed by atoms with E-state index in [0.717, 1.165) is 29.3 Å². The fourth-order valence-corrected chi connectivity index (χ4v) is 3.09. The number of fused-ring (bicyclic) bond motifs is 1. The molecule has 0 aliphatic heterocycles. The summed E-state index contributed by atoms with van der Waals surface area (Å²) in [6, 6.07) is 7.37. The van der Waals surface area contributed by atoms with Gasteiger partial charge in [-0.05, 0) is 42.3 Å². The highest BCUT2D eigenvalue weighted by Gasteiger charge is 2.25. The van der Waals surface area contributed by atoms with E-state index in [2.05, 4.69) is 15.8 Å². The summed E-state index contributed by atoms with van der Waals surface area (Å²) in [6.07, 6.45) is 9.29. The maximum Gasteiger partial charge on any atom is 0.255 e. The van der Waals surface area contributed by atoms with Gasteiger partial charge in [0.2, 0.25) is 0 Å². The first-order valence-corrected chi connectivity index (χ1v) is 7.89. The number of pyridine rings is 1. The zero-order valence-corrected chi connectivity index (χ0v) is 12.6. The van der Waals surface area contributed by atoms with Crippen LogP contribution < -0.4 is 16.6 Å². The molecule has 5 heteroatoms. The molecule has 22 heavy (non-hydrogen) atoms. The van der Waals surface area contributed by atoms with Crippen molar-refractivity contribution in [3.63, 3.8) is 0 Å². The van der Waals surface area contributed by atoms with Gasteiger partial charge in [-0.15, -0.1) is 0 Å². The number of nitrogens with zero attached hydrogens (tertiary/aromatic N) is 1. The molecule has 3 rings (SSSR count). The summed E-state index contributed by atoms with van der Waals surface area (Å²) in [4.78, 5) is 16.3. The monoisotopic (exact) mass is 298 g/mol. The number of aromatic nitrogens is 1. The Morgan fingerprint density at radius 2 is 2.00 bits per heavy atom. The van der Waals surface area contributed by atoms with Gasteiger partial charge in [0.05, 0.1) is 11.7 Å². The van der Waals surface area contributed by atoms with Gasteiger partial charge in [-0.25, -0.2) is 0 Å². The van der Waals surface area contributed by atoms with Gasteiger partial charge in [0.1, 0.15) is 0 Å². The molecular weight excluding hydrogens is 276 g/mol. The van der Waals surface area contributed by atoms with Crippen LogP contribution in [0.25, 0.3) is 10.8 Å². The second-order valence-electron chi connectivity index (χ2n) is 5.98. The second-order valence-corrected chi connectivity index (χ2v) is 5.98. The van der Waals surface area contributed by atoms with Crippen LogP contribution in [0.4, 0.5) is 5.69 Å². The van der Waals surface area contributed by atoms with Gasteiger partial charge in [-0.2, -0.15) is 0 Å². The number of hydrazine groups is 1. The van der Waals surface area contributed by atoms with Crippen molar-refractivity contribution in [2.24, 2.45) is 11.7 Å². The zero-order valence-electron chi connectivity index (χ0n) is 12.6. The lowest BCUT2D eigenvalue weighted by atomic mass is 9.84. The molecule has 1 heterocycles. The summed E-state index contributed by atoms with van der Waals surface area (Å²) >= 11 is 0. The standard InChI is InChI=1S/C17H22N4O/c18-16(12-4-2-1-3-5-12)17(22)21-20-15-7-6-14-11-19-9-8-13(14)10-15/h6-12,16,20H,1-5,18H2,(H,21,22)/t16-/m1/s1. The van der Waals surface area contributed by atoms with Crippen LogP contribution in [0.1, 0.15) is 32.1 Å². The molecule has 1 amide bonds. The highest BCUT2D eigenvalue weighted by molar-refractivity contribution is 5.86. The average Bonchev–Trinajstić information content (AvgIpc) is 2.59. The number of benzene rings is 1. The third kappa shape index (κ3) is 3.36. The first-order valence-electron chi connectivity index (χ1n) is 7.89. The van der Waals surface area contributed by atoms with Crippen molar-refractivity contribution in [3.05, 3.63) is 36.7 Å². The van der Waals surface area contributed by atoms with E-state index in [1.54, 1.807) is 6.20 Å².